The summed E-state index contributed by atoms with van der Waals surface area (Å²) in [6, 6.07) is 0. The summed E-state index contributed by atoms with van der Waals surface area (Å²) in [5.74, 6) is 1.66. The second-order valence-electron chi connectivity index (χ2n) is 4.69. The van der Waals surface area contributed by atoms with Crippen molar-refractivity contribution < 1.29 is 5.11 Å². The molecule has 0 saturated heterocycles. The molecule has 0 bridgehead atoms. The van der Waals surface area contributed by atoms with Gasteiger partial charge >= 0.3 is 0 Å². The standard InChI is InChI=1S/C12H27NO/c1-11(2)5-4-6-12(3)7-8-13-9-10-14/h11-14H,4-10H2,1-3H3. The van der Waals surface area contributed by atoms with E-state index in [1.165, 1.54) is 25.7 Å². The summed E-state index contributed by atoms with van der Waals surface area (Å²) in [5, 5.41) is 11.8. The van der Waals surface area contributed by atoms with E-state index in [0.717, 1.165) is 24.9 Å². The van der Waals surface area contributed by atoms with Gasteiger partial charge in [-0.3, -0.25) is 0 Å². The largest absolute Gasteiger partial charge is 0.395 e. The number of rotatable bonds is 9. The van der Waals surface area contributed by atoms with E-state index in [1.807, 2.05) is 0 Å². The third-order valence-corrected chi connectivity index (χ3v) is 2.58. The molecule has 0 amide bonds. The van der Waals surface area contributed by atoms with Gasteiger partial charge in [0.2, 0.25) is 0 Å². The zero-order valence-electron chi connectivity index (χ0n) is 10.1. The Bertz CT molecular complexity index is 115. The summed E-state index contributed by atoms with van der Waals surface area (Å²) in [6.07, 6.45) is 5.30. The lowest BCUT2D eigenvalue weighted by atomic mass is 9.97. The molecule has 0 heterocycles. The first-order chi connectivity index (χ1) is 6.66. The smallest absolute Gasteiger partial charge is 0.0555 e. The van der Waals surface area contributed by atoms with Crippen molar-refractivity contribution in [2.45, 2.75) is 46.5 Å². The Labute approximate surface area is 89.1 Å². The first-order valence-electron chi connectivity index (χ1n) is 5.98. The molecule has 0 aromatic carbocycles. The van der Waals surface area contributed by atoms with Gasteiger partial charge in [-0.1, -0.05) is 40.0 Å². The predicted molar refractivity (Wildman–Crippen MR) is 62.4 cm³/mol. The van der Waals surface area contributed by atoms with Gasteiger partial charge in [-0.25, -0.2) is 0 Å². The minimum Gasteiger partial charge on any atom is -0.395 e. The van der Waals surface area contributed by atoms with Gasteiger partial charge in [0, 0.05) is 6.54 Å². The van der Waals surface area contributed by atoms with Crippen molar-refractivity contribution in [2.24, 2.45) is 11.8 Å². The van der Waals surface area contributed by atoms with Crippen LogP contribution in [0.15, 0.2) is 0 Å². The zero-order chi connectivity index (χ0) is 10.8. The van der Waals surface area contributed by atoms with Crippen molar-refractivity contribution in [3.05, 3.63) is 0 Å². The van der Waals surface area contributed by atoms with Gasteiger partial charge in [0.05, 0.1) is 6.61 Å². The minimum absolute atomic E-state index is 0.252. The fourth-order valence-corrected chi connectivity index (χ4v) is 1.57. The Morgan fingerprint density at radius 2 is 1.71 bits per heavy atom. The van der Waals surface area contributed by atoms with Gasteiger partial charge in [-0.2, -0.15) is 0 Å². The van der Waals surface area contributed by atoms with Crippen LogP contribution in [0.2, 0.25) is 0 Å². The monoisotopic (exact) mass is 201 g/mol. The van der Waals surface area contributed by atoms with Crippen LogP contribution in [0.25, 0.3) is 0 Å². The molecule has 0 aromatic rings. The summed E-state index contributed by atoms with van der Waals surface area (Å²) in [7, 11) is 0. The molecular formula is C12H27NO. The normalized spacial score (nSPS) is 13.5. The molecule has 0 saturated carbocycles. The predicted octanol–water partition coefficient (Wildman–Crippen LogP) is 2.42. The van der Waals surface area contributed by atoms with E-state index in [1.54, 1.807) is 0 Å². The summed E-state index contributed by atoms with van der Waals surface area (Å²) in [5.41, 5.74) is 0. The van der Waals surface area contributed by atoms with E-state index in [-0.39, 0.29) is 6.61 Å². The SMILES string of the molecule is CC(C)CCCC(C)CCNCCO. The van der Waals surface area contributed by atoms with Crippen LogP contribution in [-0.2, 0) is 0 Å². The molecule has 0 spiro atoms. The molecule has 1 unspecified atom stereocenters. The second-order valence-corrected chi connectivity index (χ2v) is 4.69. The van der Waals surface area contributed by atoms with E-state index in [9.17, 15) is 0 Å². The topological polar surface area (TPSA) is 32.3 Å². The summed E-state index contributed by atoms with van der Waals surface area (Å²) < 4.78 is 0. The van der Waals surface area contributed by atoms with Crippen LogP contribution in [0, 0.1) is 11.8 Å². The van der Waals surface area contributed by atoms with Gasteiger partial charge in [0.1, 0.15) is 0 Å². The average Bonchev–Trinajstić information content (AvgIpc) is 2.12. The highest BCUT2D eigenvalue weighted by molar-refractivity contribution is 4.57. The average molecular weight is 201 g/mol. The van der Waals surface area contributed by atoms with Crippen molar-refractivity contribution in [1.29, 1.82) is 0 Å². The molecule has 2 heteroatoms. The highest BCUT2D eigenvalue weighted by atomic mass is 16.3. The lowest BCUT2D eigenvalue weighted by Crippen LogP contribution is -2.20. The van der Waals surface area contributed by atoms with E-state index in [0.29, 0.717) is 0 Å². The zero-order valence-corrected chi connectivity index (χ0v) is 10.1. The third kappa shape index (κ3) is 10.0. The van der Waals surface area contributed by atoms with Crippen LogP contribution in [0.3, 0.4) is 0 Å². The Morgan fingerprint density at radius 1 is 1.00 bits per heavy atom. The number of nitrogens with one attached hydrogen (secondary N) is 1. The van der Waals surface area contributed by atoms with Gasteiger partial charge in [0.25, 0.3) is 0 Å². The van der Waals surface area contributed by atoms with Crippen molar-refractivity contribution in [2.75, 3.05) is 19.7 Å². The molecule has 1 atom stereocenters. The van der Waals surface area contributed by atoms with Gasteiger partial charge < -0.3 is 10.4 Å². The maximum Gasteiger partial charge on any atom is 0.0555 e. The van der Waals surface area contributed by atoms with Crippen molar-refractivity contribution in [1.82, 2.24) is 5.32 Å². The molecule has 2 nitrogen and oxygen atoms in total. The van der Waals surface area contributed by atoms with E-state index >= 15 is 0 Å². The first-order valence-corrected chi connectivity index (χ1v) is 5.98. The van der Waals surface area contributed by atoms with Crippen molar-refractivity contribution in [3.63, 3.8) is 0 Å². The molecule has 0 rings (SSSR count). The number of hydrogen-bond acceptors (Lipinski definition) is 2. The van der Waals surface area contributed by atoms with Gasteiger partial charge in [-0.05, 0) is 24.8 Å². The van der Waals surface area contributed by atoms with Crippen LogP contribution < -0.4 is 5.32 Å². The Morgan fingerprint density at radius 3 is 2.29 bits per heavy atom. The fraction of sp³-hybridized carbons (Fsp3) is 1.00. The summed E-state index contributed by atoms with van der Waals surface area (Å²) in [4.78, 5) is 0. The molecule has 0 aliphatic carbocycles. The molecule has 0 radical (unpaired) electrons. The maximum atomic E-state index is 8.57. The van der Waals surface area contributed by atoms with Crippen LogP contribution in [0.4, 0.5) is 0 Å². The number of aliphatic hydroxyl groups is 1. The molecule has 0 aliphatic heterocycles. The molecular weight excluding hydrogens is 174 g/mol. The van der Waals surface area contributed by atoms with E-state index < -0.39 is 0 Å². The Balaban J connectivity index is 3.15. The summed E-state index contributed by atoms with van der Waals surface area (Å²) in [6.45, 7) is 8.92. The fourth-order valence-electron chi connectivity index (χ4n) is 1.57. The first kappa shape index (κ1) is 13.9. The highest BCUT2D eigenvalue weighted by Gasteiger charge is 2.02. The van der Waals surface area contributed by atoms with Crippen molar-refractivity contribution in [3.8, 4) is 0 Å². The minimum atomic E-state index is 0.252. The molecule has 86 valence electrons. The lowest BCUT2D eigenvalue weighted by molar-refractivity contribution is 0.290. The molecule has 0 aliphatic rings. The third-order valence-electron chi connectivity index (χ3n) is 2.58. The maximum absolute atomic E-state index is 8.57. The molecule has 0 aromatic heterocycles. The second kappa shape index (κ2) is 9.47. The van der Waals surface area contributed by atoms with E-state index in [2.05, 4.69) is 26.1 Å². The number of hydrogen-bond donors (Lipinski definition) is 2. The number of aliphatic hydroxyl groups excluding tert-OH is 1. The lowest BCUT2D eigenvalue weighted by Gasteiger charge is -2.12. The molecule has 2 N–H and O–H groups in total. The van der Waals surface area contributed by atoms with Gasteiger partial charge in [-0.15, -0.1) is 0 Å². The molecule has 0 fully saturated rings. The summed E-state index contributed by atoms with van der Waals surface area (Å²) >= 11 is 0. The van der Waals surface area contributed by atoms with Gasteiger partial charge in [0.15, 0.2) is 0 Å². The van der Waals surface area contributed by atoms with E-state index in [4.69, 9.17) is 5.11 Å². The van der Waals surface area contributed by atoms with Crippen LogP contribution in [-0.4, -0.2) is 24.8 Å². The molecule has 14 heavy (non-hydrogen) atoms. The van der Waals surface area contributed by atoms with Crippen LogP contribution >= 0.6 is 0 Å². The van der Waals surface area contributed by atoms with Crippen molar-refractivity contribution >= 4 is 0 Å². The van der Waals surface area contributed by atoms with Crippen LogP contribution in [0.5, 0.6) is 0 Å². The quantitative estimate of drug-likeness (QED) is 0.562. The highest BCUT2D eigenvalue weighted by Crippen LogP contribution is 2.14. The Hall–Kier alpha value is -0.0800. The van der Waals surface area contributed by atoms with Crippen LogP contribution in [0.1, 0.15) is 46.5 Å². The Kier molecular flexibility index (Phi) is 9.42.